The Morgan fingerprint density at radius 2 is 2.09 bits per heavy atom. The van der Waals surface area contributed by atoms with Gasteiger partial charge in [0.25, 0.3) is 5.91 Å². The fourth-order valence-electron chi connectivity index (χ4n) is 4.16. The molecule has 5 nitrogen and oxygen atoms in total. The second-order valence-electron chi connectivity index (χ2n) is 6.52. The van der Waals surface area contributed by atoms with Crippen molar-refractivity contribution in [2.45, 2.75) is 50.6 Å². The Labute approximate surface area is 129 Å². The molecule has 2 atom stereocenters. The monoisotopic (exact) mass is 298 g/mol. The SMILES string of the molecule is NC(=O)c1cccc2[nH]c(C3CCCC4CCCCN43)nc12. The number of benzene rings is 1. The van der Waals surface area contributed by atoms with Gasteiger partial charge in [-0.05, 0) is 50.8 Å². The van der Waals surface area contributed by atoms with E-state index in [0.717, 1.165) is 24.3 Å². The Morgan fingerprint density at radius 3 is 2.95 bits per heavy atom. The summed E-state index contributed by atoms with van der Waals surface area (Å²) >= 11 is 0. The molecule has 1 aromatic carbocycles. The molecule has 0 bridgehead atoms. The first-order valence-electron chi connectivity index (χ1n) is 8.28. The minimum absolute atomic E-state index is 0.354. The van der Waals surface area contributed by atoms with Crippen LogP contribution in [0, 0.1) is 0 Å². The molecule has 1 aromatic heterocycles. The van der Waals surface area contributed by atoms with Crippen molar-refractivity contribution < 1.29 is 4.79 Å². The number of H-pyrrole nitrogens is 1. The molecule has 2 aromatic rings. The molecule has 3 heterocycles. The first kappa shape index (κ1) is 13.8. The molecule has 2 aliphatic heterocycles. The van der Waals surface area contributed by atoms with E-state index in [1.54, 1.807) is 6.07 Å². The molecule has 0 aliphatic carbocycles. The lowest BCUT2D eigenvalue weighted by molar-refractivity contribution is 0.0481. The van der Waals surface area contributed by atoms with Crippen LogP contribution in [0.15, 0.2) is 18.2 Å². The number of carbonyl (C=O) groups excluding carboxylic acids is 1. The van der Waals surface area contributed by atoms with Gasteiger partial charge in [-0.25, -0.2) is 4.98 Å². The van der Waals surface area contributed by atoms with Crippen LogP contribution in [0.25, 0.3) is 11.0 Å². The van der Waals surface area contributed by atoms with Gasteiger partial charge in [-0.3, -0.25) is 9.69 Å². The number of hydrogen-bond donors (Lipinski definition) is 2. The van der Waals surface area contributed by atoms with Crippen molar-refractivity contribution in [2.24, 2.45) is 5.73 Å². The smallest absolute Gasteiger partial charge is 0.250 e. The predicted molar refractivity (Wildman–Crippen MR) is 85.5 cm³/mol. The van der Waals surface area contributed by atoms with E-state index in [0.29, 0.717) is 23.2 Å². The molecular formula is C17H22N4O. The highest BCUT2D eigenvalue weighted by Gasteiger charge is 2.34. The van der Waals surface area contributed by atoms with Gasteiger partial charge < -0.3 is 10.7 Å². The number of para-hydroxylation sites is 1. The van der Waals surface area contributed by atoms with Crippen molar-refractivity contribution in [1.82, 2.24) is 14.9 Å². The Morgan fingerprint density at radius 1 is 1.23 bits per heavy atom. The normalized spacial score (nSPS) is 26.0. The van der Waals surface area contributed by atoms with Crippen LogP contribution < -0.4 is 5.73 Å². The highest BCUT2D eigenvalue weighted by molar-refractivity contribution is 6.04. The highest BCUT2D eigenvalue weighted by atomic mass is 16.1. The summed E-state index contributed by atoms with van der Waals surface area (Å²) < 4.78 is 0. The third-order valence-electron chi connectivity index (χ3n) is 5.20. The number of piperidine rings is 2. The second-order valence-corrected chi connectivity index (χ2v) is 6.52. The molecule has 0 saturated carbocycles. The molecule has 2 fully saturated rings. The molecule has 22 heavy (non-hydrogen) atoms. The van der Waals surface area contributed by atoms with Crippen LogP contribution in [0.3, 0.4) is 0 Å². The Hall–Kier alpha value is -1.88. The van der Waals surface area contributed by atoms with Gasteiger partial charge in [-0.2, -0.15) is 0 Å². The lowest BCUT2D eigenvalue weighted by atomic mass is 9.88. The summed E-state index contributed by atoms with van der Waals surface area (Å²) in [6.45, 7) is 1.16. The molecule has 0 spiro atoms. The van der Waals surface area contributed by atoms with E-state index in [1.807, 2.05) is 12.1 Å². The topological polar surface area (TPSA) is 75.0 Å². The molecule has 0 radical (unpaired) electrons. The van der Waals surface area contributed by atoms with Crippen LogP contribution in [0.2, 0.25) is 0 Å². The number of imidazole rings is 1. The molecule has 116 valence electrons. The number of rotatable bonds is 2. The zero-order valence-corrected chi connectivity index (χ0v) is 12.7. The summed E-state index contributed by atoms with van der Waals surface area (Å²) in [5.41, 5.74) is 7.60. The van der Waals surface area contributed by atoms with Crippen molar-refractivity contribution in [2.75, 3.05) is 6.54 Å². The Bertz CT molecular complexity index is 706. The van der Waals surface area contributed by atoms with Crippen molar-refractivity contribution >= 4 is 16.9 Å². The number of aromatic nitrogens is 2. The van der Waals surface area contributed by atoms with E-state index in [9.17, 15) is 4.79 Å². The number of primary amides is 1. The number of fused-ring (bicyclic) bond motifs is 2. The first-order valence-corrected chi connectivity index (χ1v) is 8.28. The predicted octanol–water partition coefficient (Wildman–Crippen LogP) is 2.74. The summed E-state index contributed by atoms with van der Waals surface area (Å²) in [7, 11) is 0. The van der Waals surface area contributed by atoms with Gasteiger partial charge in [0.15, 0.2) is 0 Å². The van der Waals surface area contributed by atoms with Crippen molar-refractivity contribution in [3.8, 4) is 0 Å². The molecule has 2 saturated heterocycles. The fourth-order valence-corrected chi connectivity index (χ4v) is 4.16. The van der Waals surface area contributed by atoms with Crippen LogP contribution in [-0.2, 0) is 0 Å². The van der Waals surface area contributed by atoms with Crippen LogP contribution in [0.1, 0.15) is 60.7 Å². The lowest BCUT2D eigenvalue weighted by Crippen LogP contribution is -2.45. The molecule has 1 amide bonds. The minimum atomic E-state index is -0.414. The van der Waals surface area contributed by atoms with Gasteiger partial charge in [0.2, 0.25) is 0 Å². The first-order chi connectivity index (χ1) is 10.7. The van der Waals surface area contributed by atoms with Crippen molar-refractivity contribution in [1.29, 1.82) is 0 Å². The van der Waals surface area contributed by atoms with E-state index in [2.05, 4.69) is 9.88 Å². The van der Waals surface area contributed by atoms with Gasteiger partial charge >= 0.3 is 0 Å². The number of nitrogens with two attached hydrogens (primary N) is 1. The molecule has 2 aliphatic rings. The summed E-state index contributed by atoms with van der Waals surface area (Å²) in [6, 6.07) is 6.63. The maximum absolute atomic E-state index is 11.6. The van der Waals surface area contributed by atoms with E-state index in [1.165, 1.54) is 32.1 Å². The summed E-state index contributed by atoms with van der Waals surface area (Å²) in [4.78, 5) is 22.4. The highest BCUT2D eigenvalue weighted by Crippen LogP contribution is 2.38. The number of hydrogen-bond acceptors (Lipinski definition) is 3. The number of nitrogens with zero attached hydrogens (tertiary/aromatic N) is 2. The van der Waals surface area contributed by atoms with Gasteiger partial charge in [0.1, 0.15) is 11.3 Å². The van der Waals surface area contributed by atoms with E-state index >= 15 is 0 Å². The number of amides is 1. The largest absolute Gasteiger partial charge is 0.366 e. The minimum Gasteiger partial charge on any atom is -0.366 e. The molecule has 2 unspecified atom stereocenters. The molecular weight excluding hydrogens is 276 g/mol. The summed E-state index contributed by atoms with van der Waals surface area (Å²) in [5, 5.41) is 0. The lowest BCUT2D eigenvalue weighted by Gasteiger charge is -2.44. The van der Waals surface area contributed by atoms with Crippen LogP contribution in [-0.4, -0.2) is 33.4 Å². The third kappa shape index (κ3) is 2.20. The van der Waals surface area contributed by atoms with Crippen molar-refractivity contribution in [3.63, 3.8) is 0 Å². The zero-order valence-electron chi connectivity index (χ0n) is 12.7. The standard InChI is InChI=1S/C17H22N4O/c18-16(22)12-7-4-8-13-15(12)20-17(19-13)14-9-3-6-11-5-1-2-10-21(11)14/h4,7-8,11,14H,1-3,5-6,9-10H2,(H2,18,22)(H,19,20). The van der Waals surface area contributed by atoms with Gasteiger partial charge in [0.05, 0.1) is 17.1 Å². The van der Waals surface area contributed by atoms with Crippen LogP contribution in [0.5, 0.6) is 0 Å². The maximum atomic E-state index is 11.6. The van der Waals surface area contributed by atoms with E-state index in [-0.39, 0.29) is 0 Å². The Kier molecular flexibility index (Phi) is 3.37. The molecule has 5 heteroatoms. The van der Waals surface area contributed by atoms with Gasteiger partial charge in [-0.15, -0.1) is 0 Å². The zero-order chi connectivity index (χ0) is 15.1. The van der Waals surface area contributed by atoms with E-state index < -0.39 is 5.91 Å². The van der Waals surface area contributed by atoms with Gasteiger partial charge in [0, 0.05) is 6.04 Å². The second kappa shape index (κ2) is 5.39. The average molecular weight is 298 g/mol. The van der Waals surface area contributed by atoms with Crippen LogP contribution >= 0.6 is 0 Å². The average Bonchev–Trinajstić information content (AvgIpc) is 2.97. The summed E-state index contributed by atoms with van der Waals surface area (Å²) in [5.74, 6) is 0.582. The summed E-state index contributed by atoms with van der Waals surface area (Å²) in [6.07, 6.45) is 7.64. The van der Waals surface area contributed by atoms with E-state index in [4.69, 9.17) is 10.7 Å². The fraction of sp³-hybridized carbons (Fsp3) is 0.529. The molecule has 4 rings (SSSR count). The Balaban J connectivity index is 1.74. The third-order valence-corrected chi connectivity index (χ3v) is 5.20. The van der Waals surface area contributed by atoms with Crippen LogP contribution in [0.4, 0.5) is 0 Å². The number of carbonyl (C=O) groups is 1. The molecule has 3 N–H and O–H groups in total. The number of nitrogens with one attached hydrogen (secondary N) is 1. The van der Waals surface area contributed by atoms with Crippen molar-refractivity contribution in [3.05, 3.63) is 29.6 Å². The maximum Gasteiger partial charge on any atom is 0.250 e. The quantitative estimate of drug-likeness (QED) is 0.895. The van der Waals surface area contributed by atoms with Gasteiger partial charge in [-0.1, -0.05) is 12.5 Å². The number of aromatic amines is 1.